The molecule has 0 fully saturated rings. The van der Waals surface area contributed by atoms with Crippen molar-refractivity contribution in [3.8, 4) is 16.9 Å². The molecule has 3 aromatic rings. The number of carbonyl (C=O) groups excluding carboxylic acids is 1. The molecule has 0 aliphatic heterocycles. The molecule has 1 atom stereocenters. The summed E-state index contributed by atoms with van der Waals surface area (Å²) < 4.78 is 4.85. The third-order valence-electron chi connectivity index (χ3n) is 4.10. The molecule has 1 N–H and O–H groups in total. The Morgan fingerprint density at radius 1 is 1.12 bits per heavy atom. The van der Waals surface area contributed by atoms with Crippen molar-refractivity contribution < 1.29 is 14.4 Å². The minimum atomic E-state index is -0.187. The van der Waals surface area contributed by atoms with Crippen LogP contribution in [0.25, 0.3) is 11.1 Å². The number of aromatic hydroxyl groups is 1. The van der Waals surface area contributed by atoms with Crippen LogP contribution in [0.3, 0.4) is 0 Å². The van der Waals surface area contributed by atoms with E-state index in [4.69, 9.17) is 4.52 Å². The van der Waals surface area contributed by atoms with Crippen LogP contribution in [0.2, 0.25) is 0 Å². The van der Waals surface area contributed by atoms with Crippen molar-refractivity contribution in [2.24, 2.45) is 0 Å². The van der Waals surface area contributed by atoms with Gasteiger partial charge in [-0.25, -0.2) is 0 Å². The normalized spacial score (nSPS) is 11.9. The summed E-state index contributed by atoms with van der Waals surface area (Å²) in [7, 11) is 1.74. The van der Waals surface area contributed by atoms with E-state index in [1.165, 1.54) is 6.26 Å². The molecule has 0 aliphatic rings. The van der Waals surface area contributed by atoms with Gasteiger partial charge in [0.05, 0.1) is 6.04 Å². The number of phenols is 1. The van der Waals surface area contributed by atoms with Crippen LogP contribution < -0.4 is 0 Å². The van der Waals surface area contributed by atoms with Crippen molar-refractivity contribution in [3.05, 3.63) is 72.1 Å². The Kier molecular flexibility index (Phi) is 4.33. The number of benzene rings is 2. The highest BCUT2D eigenvalue weighted by Crippen LogP contribution is 2.24. The summed E-state index contributed by atoms with van der Waals surface area (Å²) in [6.07, 6.45) is 1.50. The number of aromatic nitrogens is 1. The average Bonchev–Trinajstić information content (AvgIpc) is 3.15. The molecule has 0 saturated carbocycles. The molecule has 24 heavy (non-hydrogen) atoms. The second kappa shape index (κ2) is 6.58. The molecule has 5 nitrogen and oxygen atoms in total. The summed E-state index contributed by atoms with van der Waals surface area (Å²) in [5.74, 6) is 0.123. The second-order valence-electron chi connectivity index (χ2n) is 5.64. The number of hydrogen-bond acceptors (Lipinski definition) is 4. The minimum Gasteiger partial charge on any atom is -0.508 e. The number of nitrogens with zero attached hydrogens (tertiary/aromatic N) is 2. The second-order valence-corrected chi connectivity index (χ2v) is 5.64. The molecule has 0 bridgehead atoms. The summed E-state index contributed by atoms with van der Waals surface area (Å²) in [6.45, 7) is 1.90. The van der Waals surface area contributed by atoms with Crippen molar-refractivity contribution in [2.75, 3.05) is 7.05 Å². The fourth-order valence-corrected chi connectivity index (χ4v) is 2.50. The van der Waals surface area contributed by atoms with Gasteiger partial charge in [0, 0.05) is 18.7 Å². The summed E-state index contributed by atoms with van der Waals surface area (Å²) >= 11 is 0. The fourth-order valence-electron chi connectivity index (χ4n) is 2.50. The van der Waals surface area contributed by atoms with Crippen molar-refractivity contribution in [1.82, 2.24) is 10.1 Å². The number of carbonyl (C=O) groups is 1. The van der Waals surface area contributed by atoms with Crippen molar-refractivity contribution in [2.45, 2.75) is 13.0 Å². The molecule has 0 aliphatic carbocycles. The SMILES string of the molecule is C[C@H](c1ccon1)N(C)C(=O)c1cccc(-c2ccc(O)cc2)c1. The van der Waals surface area contributed by atoms with E-state index in [0.717, 1.165) is 11.1 Å². The molecule has 2 aromatic carbocycles. The van der Waals surface area contributed by atoms with Gasteiger partial charge in [-0.05, 0) is 42.3 Å². The zero-order valence-electron chi connectivity index (χ0n) is 13.5. The van der Waals surface area contributed by atoms with Crippen molar-refractivity contribution in [3.63, 3.8) is 0 Å². The van der Waals surface area contributed by atoms with E-state index in [2.05, 4.69) is 5.16 Å². The largest absolute Gasteiger partial charge is 0.508 e. The molecule has 0 spiro atoms. The van der Waals surface area contributed by atoms with Crippen LogP contribution in [-0.2, 0) is 0 Å². The molecule has 122 valence electrons. The summed E-state index contributed by atoms with van der Waals surface area (Å²) in [5, 5.41) is 13.3. The molecule has 5 heteroatoms. The minimum absolute atomic E-state index is 0.0915. The fraction of sp³-hybridized carbons (Fsp3) is 0.158. The highest BCUT2D eigenvalue weighted by Gasteiger charge is 2.21. The molecular formula is C19H18N2O3. The standard InChI is InChI=1S/C19H18N2O3/c1-13(18-10-11-24-20-18)21(2)19(23)16-5-3-4-15(12-16)14-6-8-17(22)9-7-14/h3-13,22H,1-2H3/t13-/m1/s1. The zero-order chi connectivity index (χ0) is 17.1. The molecule has 0 radical (unpaired) electrons. The monoisotopic (exact) mass is 322 g/mol. The van der Waals surface area contributed by atoms with Crippen LogP contribution in [0.1, 0.15) is 29.0 Å². The van der Waals surface area contributed by atoms with E-state index in [1.807, 2.05) is 37.3 Å². The van der Waals surface area contributed by atoms with Gasteiger partial charge in [-0.3, -0.25) is 4.79 Å². The number of hydrogen-bond donors (Lipinski definition) is 1. The van der Waals surface area contributed by atoms with E-state index in [9.17, 15) is 9.90 Å². The van der Waals surface area contributed by atoms with Gasteiger partial charge in [-0.1, -0.05) is 29.4 Å². The van der Waals surface area contributed by atoms with Gasteiger partial charge < -0.3 is 14.5 Å². The number of rotatable bonds is 4. The van der Waals surface area contributed by atoms with E-state index in [-0.39, 0.29) is 17.7 Å². The lowest BCUT2D eigenvalue weighted by atomic mass is 10.0. The van der Waals surface area contributed by atoms with Crippen molar-refractivity contribution in [1.29, 1.82) is 0 Å². The maximum Gasteiger partial charge on any atom is 0.254 e. The van der Waals surface area contributed by atoms with Crippen LogP contribution in [0.15, 0.2) is 65.4 Å². The molecule has 1 heterocycles. The maximum atomic E-state index is 12.7. The van der Waals surface area contributed by atoms with Crippen LogP contribution in [-0.4, -0.2) is 28.1 Å². The Morgan fingerprint density at radius 2 is 1.88 bits per heavy atom. The van der Waals surface area contributed by atoms with Gasteiger partial charge in [-0.2, -0.15) is 0 Å². The summed E-state index contributed by atoms with van der Waals surface area (Å²) in [4.78, 5) is 14.4. The number of phenolic OH excluding ortho intramolecular Hbond substituents is 1. The average molecular weight is 322 g/mol. The van der Waals surface area contributed by atoms with Gasteiger partial charge in [0.15, 0.2) is 0 Å². The highest BCUT2D eigenvalue weighted by molar-refractivity contribution is 5.95. The molecule has 0 unspecified atom stereocenters. The molecular weight excluding hydrogens is 304 g/mol. The zero-order valence-corrected chi connectivity index (χ0v) is 13.5. The van der Waals surface area contributed by atoms with Crippen LogP contribution in [0, 0.1) is 0 Å². The summed E-state index contributed by atoms with van der Waals surface area (Å²) in [6, 6.07) is 15.9. The predicted octanol–water partition coefficient (Wildman–Crippen LogP) is 3.88. The maximum absolute atomic E-state index is 12.7. The Bertz CT molecular complexity index is 826. The number of amides is 1. The first-order chi connectivity index (χ1) is 11.6. The third-order valence-corrected chi connectivity index (χ3v) is 4.10. The highest BCUT2D eigenvalue weighted by atomic mass is 16.5. The topological polar surface area (TPSA) is 66.6 Å². The molecule has 3 rings (SSSR count). The van der Waals surface area contributed by atoms with E-state index in [1.54, 1.807) is 36.2 Å². The lowest BCUT2D eigenvalue weighted by molar-refractivity contribution is 0.0737. The summed E-state index contributed by atoms with van der Waals surface area (Å²) in [5.41, 5.74) is 3.16. The molecule has 1 aromatic heterocycles. The quantitative estimate of drug-likeness (QED) is 0.791. The lowest BCUT2D eigenvalue weighted by Crippen LogP contribution is -2.29. The van der Waals surface area contributed by atoms with Gasteiger partial charge >= 0.3 is 0 Å². The van der Waals surface area contributed by atoms with Crippen molar-refractivity contribution >= 4 is 5.91 Å². The van der Waals surface area contributed by atoms with E-state index >= 15 is 0 Å². The first-order valence-corrected chi connectivity index (χ1v) is 7.63. The Morgan fingerprint density at radius 3 is 2.54 bits per heavy atom. The predicted molar refractivity (Wildman–Crippen MR) is 90.6 cm³/mol. The molecule has 0 saturated heterocycles. The van der Waals surface area contributed by atoms with Crippen LogP contribution >= 0.6 is 0 Å². The smallest absolute Gasteiger partial charge is 0.254 e. The Hall–Kier alpha value is -3.08. The van der Waals surface area contributed by atoms with Gasteiger partial charge in [-0.15, -0.1) is 0 Å². The van der Waals surface area contributed by atoms with Gasteiger partial charge in [0.25, 0.3) is 5.91 Å². The first kappa shape index (κ1) is 15.8. The third kappa shape index (κ3) is 3.15. The van der Waals surface area contributed by atoms with Gasteiger partial charge in [0.1, 0.15) is 17.7 Å². The van der Waals surface area contributed by atoms with Gasteiger partial charge in [0.2, 0.25) is 0 Å². The molecule has 1 amide bonds. The van der Waals surface area contributed by atoms with Crippen LogP contribution in [0.4, 0.5) is 0 Å². The van der Waals surface area contributed by atoms with E-state index < -0.39 is 0 Å². The van der Waals surface area contributed by atoms with Crippen LogP contribution in [0.5, 0.6) is 5.75 Å². The Labute approximate surface area is 140 Å². The first-order valence-electron chi connectivity index (χ1n) is 7.63. The lowest BCUT2D eigenvalue weighted by Gasteiger charge is -2.23. The Balaban J connectivity index is 1.85. The van der Waals surface area contributed by atoms with E-state index in [0.29, 0.717) is 11.3 Å².